The molecule has 1 heteroatoms. The summed E-state index contributed by atoms with van der Waals surface area (Å²) in [5.74, 6) is 0.528. The van der Waals surface area contributed by atoms with E-state index in [9.17, 15) is 0 Å². The van der Waals surface area contributed by atoms with Crippen molar-refractivity contribution in [1.82, 2.24) is 0 Å². The molecule has 0 radical (unpaired) electrons. The predicted octanol–water partition coefficient (Wildman–Crippen LogP) is 5.79. The maximum absolute atomic E-state index is 3.77. The molecule has 0 spiro atoms. The van der Waals surface area contributed by atoms with Crippen molar-refractivity contribution >= 4 is 5.69 Å². The molecule has 0 heterocycles. The second-order valence-electron chi connectivity index (χ2n) is 7.07. The first kappa shape index (κ1) is 15.6. The lowest BCUT2D eigenvalue weighted by molar-refractivity contribution is 0.540. The Bertz CT molecular complexity index is 564. The molecule has 2 rings (SSSR count). The topological polar surface area (TPSA) is 12.0 Å². The molecule has 0 aromatic heterocycles. The van der Waals surface area contributed by atoms with Crippen molar-refractivity contribution in [2.75, 3.05) is 5.32 Å². The van der Waals surface area contributed by atoms with Crippen LogP contribution in [0.2, 0.25) is 0 Å². The summed E-state index contributed by atoms with van der Waals surface area (Å²) in [4.78, 5) is 0. The van der Waals surface area contributed by atoms with E-state index in [1.165, 1.54) is 16.8 Å². The second kappa shape index (κ2) is 6.34. The van der Waals surface area contributed by atoms with Crippen LogP contribution in [0.3, 0.4) is 0 Å². The molecule has 0 fully saturated rings. The summed E-state index contributed by atoms with van der Waals surface area (Å²) in [5, 5.41) is 3.77. The van der Waals surface area contributed by atoms with Crippen molar-refractivity contribution in [2.24, 2.45) is 5.92 Å². The molecule has 1 nitrogen and oxygen atoms in total. The van der Waals surface area contributed by atoms with Crippen LogP contribution in [0.4, 0.5) is 5.69 Å². The Kier molecular flexibility index (Phi) is 4.72. The van der Waals surface area contributed by atoms with Gasteiger partial charge in [0.05, 0.1) is 6.04 Å². The monoisotopic (exact) mass is 281 g/mol. The minimum Gasteiger partial charge on any atom is -0.378 e. The van der Waals surface area contributed by atoms with Gasteiger partial charge in [-0.15, -0.1) is 0 Å². The number of rotatable bonds is 4. The minimum absolute atomic E-state index is 0.141. The Morgan fingerprint density at radius 1 is 0.810 bits per heavy atom. The first-order chi connectivity index (χ1) is 9.89. The van der Waals surface area contributed by atoms with Gasteiger partial charge in [0.2, 0.25) is 0 Å². The van der Waals surface area contributed by atoms with E-state index in [0.717, 1.165) is 0 Å². The van der Waals surface area contributed by atoms with E-state index >= 15 is 0 Å². The highest BCUT2D eigenvalue weighted by atomic mass is 14.9. The van der Waals surface area contributed by atoms with E-state index in [-0.39, 0.29) is 5.41 Å². The van der Waals surface area contributed by atoms with Gasteiger partial charge in [-0.1, -0.05) is 83.1 Å². The maximum Gasteiger partial charge on any atom is 0.0536 e. The highest BCUT2D eigenvalue weighted by Crippen LogP contribution is 2.33. The Morgan fingerprint density at radius 3 is 1.95 bits per heavy atom. The van der Waals surface area contributed by atoms with Crippen molar-refractivity contribution in [3.63, 3.8) is 0 Å². The summed E-state index contributed by atoms with van der Waals surface area (Å²) in [7, 11) is 0. The highest BCUT2D eigenvalue weighted by Gasteiger charge is 2.21. The fourth-order valence-electron chi connectivity index (χ4n) is 2.73. The van der Waals surface area contributed by atoms with Crippen molar-refractivity contribution in [3.8, 4) is 0 Å². The van der Waals surface area contributed by atoms with E-state index in [1.807, 2.05) is 0 Å². The smallest absolute Gasteiger partial charge is 0.0536 e. The molecule has 21 heavy (non-hydrogen) atoms. The predicted molar refractivity (Wildman–Crippen MR) is 92.8 cm³/mol. The quantitative estimate of drug-likeness (QED) is 0.747. The van der Waals surface area contributed by atoms with Gasteiger partial charge in [0.1, 0.15) is 0 Å². The molecule has 1 unspecified atom stereocenters. The lowest BCUT2D eigenvalue weighted by Crippen LogP contribution is -2.20. The van der Waals surface area contributed by atoms with Crippen molar-refractivity contribution in [3.05, 3.63) is 65.7 Å². The molecule has 0 saturated carbocycles. The van der Waals surface area contributed by atoms with Gasteiger partial charge in [0.15, 0.2) is 0 Å². The molecule has 1 atom stereocenters. The third kappa shape index (κ3) is 3.87. The third-order valence-corrected chi connectivity index (χ3v) is 3.87. The molecular formula is C20H27N. The fraction of sp³-hybridized carbons (Fsp3) is 0.400. The molecule has 0 amide bonds. The molecule has 0 aliphatic rings. The Balaban J connectivity index is 2.35. The summed E-state index contributed by atoms with van der Waals surface area (Å²) in [5.41, 5.74) is 4.09. The molecule has 0 aliphatic carbocycles. The average Bonchev–Trinajstić information content (AvgIpc) is 2.44. The minimum atomic E-state index is 0.141. The lowest BCUT2D eigenvalue weighted by Gasteiger charge is -2.29. The van der Waals surface area contributed by atoms with E-state index in [2.05, 4.69) is 94.5 Å². The standard InChI is InChI=1S/C20H27N/c1-15(2)19(16-11-7-6-8-12-16)21-18-14-10-9-13-17(18)20(3,4)5/h6-15,19,21H,1-5H3. The number of hydrogen-bond donors (Lipinski definition) is 1. The molecule has 2 aromatic rings. The highest BCUT2D eigenvalue weighted by molar-refractivity contribution is 5.55. The molecule has 112 valence electrons. The summed E-state index contributed by atoms with van der Waals surface area (Å²) in [6.45, 7) is 11.3. The van der Waals surface area contributed by atoms with E-state index in [0.29, 0.717) is 12.0 Å². The van der Waals surface area contributed by atoms with E-state index in [1.54, 1.807) is 0 Å². The van der Waals surface area contributed by atoms with Crippen LogP contribution in [0.1, 0.15) is 51.8 Å². The van der Waals surface area contributed by atoms with Crippen LogP contribution in [0, 0.1) is 5.92 Å². The number of nitrogens with one attached hydrogen (secondary N) is 1. The number of para-hydroxylation sites is 1. The normalized spacial score (nSPS) is 13.2. The van der Waals surface area contributed by atoms with E-state index < -0.39 is 0 Å². The van der Waals surface area contributed by atoms with E-state index in [4.69, 9.17) is 0 Å². The first-order valence-electron chi connectivity index (χ1n) is 7.80. The van der Waals surface area contributed by atoms with Gasteiger partial charge in [-0.25, -0.2) is 0 Å². The van der Waals surface area contributed by atoms with Crippen LogP contribution >= 0.6 is 0 Å². The third-order valence-electron chi connectivity index (χ3n) is 3.87. The van der Waals surface area contributed by atoms with Gasteiger partial charge in [-0.05, 0) is 28.5 Å². The maximum atomic E-state index is 3.77. The lowest BCUT2D eigenvalue weighted by atomic mass is 9.85. The Hall–Kier alpha value is -1.76. The molecule has 2 aromatic carbocycles. The van der Waals surface area contributed by atoms with Crippen molar-refractivity contribution < 1.29 is 0 Å². The van der Waals surface area contributed by atoms with Gasteiger partial charge >= 0.3 is 0 Å². The number of benzene rings is 2. The second-order valence-corrected chi connectivity index (χ2v) is 7.07. The number of hydrogen-bond acceptors (Lipinski definition) is 1. The molecule has 0 bridgehead atoms. The zero-order chi connectivity index (χ0) is 15.5. The fourth-order valence-corrected chi connectivity index (χ4v) is 2.73. The van der Waals surface area contributed by atoms with Crippen LogP contribution < -0.4 is 5.32 Å². The Labute approximate surface area is 129 Å². The zero-order valence-electron chi connectivity index (χ0n) is 13.9. The van der Waals surface area contributed by atoms with Crippen molar-refractivity contribution in [1.29, 1.82) is 0 Å². The first-order valence-corrected chi connectivity index (χ1v) is 7.80. The Morgan fingerprint density at radius 2 is 1.38 bits per heavy atom. The van der Waals surface area contributed by atoms with Gasteiger partial charge in [0.25, 0.3) is 0 Å². The summed E-state index contributed by atoms with van der Waals surface area (Å²) in [6, 6.07) is 19.7. The summed E-state index contributed by atoms with van der Waals surface area (Å²) >= 11 is 0. The SMILES string of the molecule is CC(C)C(Nc1ccccc1C(C)(C)C)c1ccccc1. The van der Waals surface area contributed by atoms with Crippen LogP contribution in [-0.2, 0) is 5.41 Å². The zero-order valence-corrected chi connectivity index (χ0v) is 13.9. The molecular weight excluding hydrogens is 254 g/mol. The van der Waals surface area contributed by atoms with Gasteiger partial charge in [0, 0.05) is 5.69 Å². The van der Waals surface area contributed by atoms with Crippen molar-refractivity contribution in [2.45, 2.75) is 46.1 Å². The van der Waals surface area contributed by atoms with Gasteiger partial charge in [-0.3, -0.25) is 0 Å². The van der Waals surface area contributed by atoms with Crippen LogP contribution in [0.5, 0.6) is 0 Å². The van der Waals surface area contributed by atoms with Gasteiger partial charge in [-0.2, -0.15) is 0 Å². The average molecular weight is 281 g/mol. The largest absolute Gasteiger partial charge is 0.378 e. The van der Waals surface area contributed by atoms with Crippen LogP contribution in [0.25, 0.3) is 0 Å². The van der Waals surface area contributed by atoms with Gasteiger partial charge < -0.3 is 5.32 Å². The molecule has 0 aliphatic heterocycles. The molecule has 0 saturated heterocycles. The van der Waals surface area contributed by atoms with Crippen LogP contribution in [-0.4, -0.2) is 0 Å². The summed E-state index contributed by atoms with van der Waals surface area (Å²) < 4.78 is 0. The number of anilines is 1. The summed E-state index contributed by atoms with van der Waals surface area (Å²) in [6.07, 6.45) is 0. The van der Waals surface area contributed by atoms with Crippen LogP contribution in [0.15, 0.2) is 54.6 Å². The molecule has 1 N–H and O–H groups in total.